The molecule has 2 rings (SSSR count). The third kappa shape index (κ3) is 3.83. The van der Waals surface area contributed by atoms with Crippen molar-refractivity contribution in [3.63, 3.8) is 0 Å². The minimum atomic E-state index is 0.169. The minimum Gasteiger partial charge on any atom is -0.474 e. The Bertz CT molecular complexity index is 556. The number of nitrogens with zero attached hydrogens (tertiary/aromatic N) is 2. The van der Waals surface area contributed by atoms with Gasteiger partial charge < -0.3 is 10.5 Å². The Morgan fingerprint density at radius 2 is 2.05 bits per heavy atom. The molecule has 2 N–H and O–H groups in total. The first-order valence-corrected chi connectivity index (χ1v) is 7.37. The normalized spacial score (nSPS) is 12.5. The first-order valence-electron chi connectivity index (χ1n) is 7.37. The molecule has 1 aromatic heterocycles. The Labute approximate surface area is 120 Å². The molecular weight excluding hydrogens is 250 g/mol. The van der Waals surface area contributed by atoms with Crippen molar-refractivity contribution in [3.8, 4) is 5.88 Å². The number of hydrogen-bond acceptors (Lipinski definition) is 4. The van der Waals surface area contributed by atoms with E-state index < -0.39 is 0 Å². The molecule has 0 fully saturated rings. The second kappa shape index (κ2) is 7.08. The van der Waals surface area contributed by atoms with E-state index in [1.54, 1.807) is 0 Å². The SMILES string of the molecule is CCCCCCC(C)Oc1ncnc2cc(N)ccc12. The molecule has 4 heteroatoms. The summed E-state index contributed by atoms with van der Waals surface area (Å²) >= 11 is 0. The molecule has 1 unspecified atom stereocenters. The molecule has 108 valence electrons. The average Bonchev–Trinajstić information content (AvgIpc) is 2.43. The first kappa shape index (κ1) is 14.6. The van der Waals surface area contributed by atoms with Gasteiger partial charge in [0.25, 0.3) is 0 Å². The van der Waals surface area contributed by atoms with Crippen LogP contribution < -0.4 is 10.5 Å². The second-order valence-corrected chi connectivity index (χ2v) is 5.23. The molecule has 0 aliphatic rings. The number of unbranched alkanes of at least 4 members (excludes halogenated alkanes) is 3. The number of rotatable bonds is 7. The quantitative estimate of drug-likeness (QED) is 0.613. The number of benzene rings is 1. The third-order valence-electron chi connectivity index (χ3n) is 3.40. The van der Waals surface area contributed by atoms with Crippen LogP contribution in [-0.4, -0.2) is 16.1 Å². The van der Waals surface area contributed by atoms with E-state index in [1.807, 2.05) is 18.2 Å². The van der Waals surface area contributed by atoms with Crippen LogP contribution in [0.5, 0.6) is 5.88 Å². The summed E-state index contributed by atoms with van der Waals surface area (Å²) in [4.78, 5) is 8.47. The number of nitrogens with two attached hydrogens (primary N) is 1. The lowest BCUT2D eigenvalue weighted by atomic mass is 10.1. The largest absolute Gasteiger partial charge is 0.474 e. The molecular formula is C16H23N3O. The molecule has 0 bridgehead atoms. The predicted molar refractivity (Wildman–Crippen MR) is 82.8 cm³/mol. The van der Waals surface area contributed by atoms with Crippen molar-refractivity contribution >= 4 is 16.6 Å². The Morgan fingerprint density at radius 3 is 2.85 bits per heavy atom. The Hall–Kier alpha value is -1.84. The second-order valence-electron chi connectivity index (χ2n) is 5.23. The smallest absolute Gasteiger partial charge is 0.224 e. The van der Waals surface area contributed by atoms with E-state index >= 15 is 0 Å². The van der Waals surface area contributed by atoms with Gasteiger partial charge in [0, 0.05) is 5.69 Å². The van der Waals surface area contributed by atoms with Crippen molar-refractivity contribution in [1.82, 2.24) is 9.97 Å². The van der Waals surface area contributed by atoms with Crippen LogP contribution in [0.4, 0.5) is 5.69 Å². The number of nitrogen functional groups attached to an aromatic ring is 1. The summed E-state index contributed by atoms with van der Waals surface area (Å²) in [7, 11) is 0. The van der Waals surface area contributed by atoms with Crippen molar-refractivity contribution in [2.75, 3.05) is 5.73 Å². The highest BCUT2D eigenvalue weighted by Crippen LogP contribution is 2.24. The van der Waals surface area contributed by atoms with Gasteiger partial charge in [0.1, 0.15) is 6.33 Å². The summed E-state index contributed by atoms with van der Waals surface area (Å²) < 4.78 is 5.96. The summed E-state index contributed by atoms with van der Waals surface area (Å²) in [5, 5.41) is 0.919. The maximum atomic E-state index is 5.96. The predicted octanol–water partition coefficient (Wildman–Crippen LogP) is 3.95. The van der Waals surface area contributed by atoms with Gasteiger partial charge in [-0.1, -0.05) is 26.2 Å². The van der Waals surface area contributed by atoms with E-state index in [-0.39, 0.29) is 6.10 Å². The molecule has 1 atom stereocenters. The van der Waals surface area contributed by atoms with Crippen LogP contribution in [0.3, 0.4) is 0 Å². The van der Waals surface area contributed by atoms with E-state index in [4.69, 9.17) is 10.5 Å². The van der Waals surface area contributed by atoms with Gasteiger partial charge in [-0.05, 0) is 38.0 Å². The van der Waals surface area contributed by atoms with Gasteiger partial charge in [0.15, 0.2) is 0 Å². The van der Waals surface area contributed by atoms with E-state index in [9.17, 15) is 0 Å². The zero-order valence-electron chi connectivity index (χ0n) is 12.3. The van der Waals surface area contributed by atoms with Gasteiger partial charge >= 0.3 is 0 Å². The van der Waals surface area contributed by atoms with E-state index in [0.717, 1.165) is 17.3 Å². The highest BCUT2D eigenvalue weighted by Gasteiger charge is 2.09. The minimum absolute atomic E-state index is 0.169. The highest BCUT2D eigenvalue weighted by molar-refractivity contribution is 5.85. The highest BCUT2D eigenvalue weighted by atomic mass is 16.5. The van der Waals surface area contributed by atoms with Gasteiger partial charge in [0.2, 0.25) is 5.88 Å². The maximum Gasteiger partial charge on any atom is 0.224 e. The zero-order chi connectivity index (χ0) is 14.4. The first-order chi connectivity index (χ1) is 9.70. The fraction of sp³-hybridized carbons (Fsp3) is 0.500. The number of anilines is 1. The molecule has 0 amide bonds. The maximum absolute atomic E-state index is 5.96. The molecule has 0 saturated carbocycles. The van der Waals surface area contributed by atoms with Gasteiger partial charge in [-0.25, -0.2) is 9.97 Å². The van der Waals surface area contributed by atoms with Crippen LogP contribution in [-0.2, 0) is 0 Å². The fourth-order valence-corrected chi connectivity index (χ4v) is 2.25. The Kier molecular flexibility index (Phi) is 5.16. The van der Waals surface area contributed by atoms with Gasteiger partial charge in [0.05, 0.1) is 17.0 Å². The molecule has 0 radical (unpaired) electrons. The Morgan fingerprint density at radius 1 is 1.20 bits per heavy atom. The van der Waals surface area contributed by atoms with Crippen molar-refractivity contribution in [1.29, 1.82) is 0 Å². The average molecular weight is 273 g/mol. The molecule has 1 aromatic carbocycles. The van der Waals surface area contributed by atoms with Crippen molar-refractivity contribution in [2.24, 2.45) is 0 Å². The number of ether oxygens (including phenoxy) is 1. The topological polar surface area (TPSA) is 61.0 Å². The Balaban J connectivity index is 2.02. The number of aromatic nitrogens is 2. The van der Waals surface area contributed by atoms with Crippen molar-refractivity contribution in [3.05, 3.63) is 24.5 Å². The van der Waals surface area contributed by atoms with Crippen molar-refractivity contribution in [2.45, 2.75) is 52.1 Å². The van der Waals surface area contributed by atoms with Gasteiger partial charge in [-0.3, -0.25) is 0 Å². The van der Waals surface area contributed by atoms with Crippen molar-refractivity contribution < 1.29 is 4.74 Å². The summed E-state index contributed by atoms with van der Waals surface area (Å²) in [6.45, 7) is 4.32. The molecule has 0 spiro atoms. The van der Waals surface area contributed by atoms with E-state index in [1.165, 1.54) is 32.0 Å². The van der Waals surface area contributed by atoms with E-state index in [2.05, 4.69) is 23.8 Å². The van der Waals surface area contributed by atoms with Crippen LogP contribution in [0.15, 0.2) is 24.5 Å². The molecule has 4 nitrogen and oxygen atoms in total. The van der Waals surface area contributed by atoms with Crippen LogP contribution in [0.2, 0.25) is 0 Å². The standard InChI is InChI=1S/C16H23N3O/c1-3-4-5-6-7-12(2)20-16-14-9-8-13(17)10-15(14)18-11-19-16/h8-12H,3-7,17H2,1-2H3. The fourth-order valence-electron chi connectivity index (χ4n) is 2.25. The number of fused-ring (bicyclic) bond motifs is 1. The van der Waals surface area contributed by atoms with Crippen LogP contribution in [0.25, 0.3) is 10.9 Å². The summed E-state index contributed by atoms with van der Waals surface area (Å²) in [5.74, 6) is 0.651. The molecule has 2 aromatic rings. The molecule has 1 heterocycles. The summed E-state index contributed by atoms with van der Waals surface area (Å²) in [5.41, 5.74) is 7.30. The van der Waals surface area contributed by atoms with E-state index in [0.29, 0.717) is 11.6 Å². The van der Waals surface area contributed by atoms with Crippen LogP contribution >= 0.6 is 0 Å². The zero-order valence-corrected chi connectivity index (χ0v) is 12.3. The lowest BCUT2D eigenvalue weighted by molar-refractivity contribution is 0.201. The van der Waals surface area contributed by atoms with Gasteiger partial charge in [-0.15, -0.1) is 0 Å². The molecule has 20 heavy (non-hydrogen) atoms. The lowest BCUT2D eigenvalue weighted by Crippen LogP contribution is -2.12. The molecule has 0 aliphatic carbocycles. The summed E-state index contributed by atoms with van der Waals surface area (Å²) in [6, 6.07) is 5.62. The monoisotopic (exact) mass is 273 g/mol. The van der Waals surface area contributed by atoms with Gasteiger partial charge in [-0.2, -0.15) is 0 Å². The third-order valence-corrected chi connectivity index (χ3v) is 3.40. The summed E-state index contributed by atoms with van der Waals surface area (Å²) in [6.07, 6.45) is 7.77. The van der Waals surface area contributed by atoms with Crippen LogP contribution in [0, 0.1) is 0 Å². The molecule has 0 saturated heterocycles. The lowest BCUT2D eigenvalue weighted by Gasteiger charge is -2.15. The van der Waals surface area contributed by atoms with Crippen LogP contribution in [0.1, 0.15) is 46.0 Å². The number of hydrogen-bond donors (Lipinski definition) is 1. The molecule has 0 aliphatic heterocycles.